The fourth-order valence-corrected chi connectivity index (χ4v) is 8.34. The highest BCUT2D eigenvalue weighted by molar-refractivity contribution is 6.33. The van der Waals surface area contributed by atoms with Gasteiger partial charge in [0, 0.05) is 33.6 Å². The van der Waals surface area contributed by atoms with E-state index in [0.717, 1.165) is 22.3 Å². The van der Waals surface area contributed by atoms with Gasteiger partial charge in [0.05, 0.1) is 30.7 Å². The molecule has 0 spiro atoms. The number of carbonyl (C=O) groups excluding carboxylic acids is 4. The second kappa shape index (κ2) is 26.8. The highest BCUT2D eigenvalue weighted by Gasteiger charge is 2.39. The topological polar surface area (TPSA) is 162 Å². The van der Waals surface area contributed by atoms with Crippen molar-refractivity contribution >= 4 is 46.9 Å². The van der Waals surface area contributed by atoms with Gasteiger partial charge in [-0.15, -0.1) is 0 Å². The van der Waals surface area contributed by atoms with E-state index in [4.69, 9.17) is 43.1 Å². The van der Waals surface area contributed by atoms with Crippen LogP contribution < -0.4 is 5.73 Å². The maximum atomic E-state index is 14.3. The molecule has 6 rings (SSSR count). The molecule has 0 amide bonds. The van der Waals surface area contributed by atoms with Gasteiger partial charge in [0.1, 0.15) is 24.8 Å². The Balaban J connectivity index is 0.000000269. The fraction of sp³-hybridized carbons (Fsp3) is 0.298. The van der Waals surface area contributed by atoms with Gasteiger partial charge in [-0.2, -0.15) is 0 Å². The third kappa shape index (κ3) is 16.7. The molecule has 0 radical (unpaired) electrons. The summed E-state index contributed by atoms with van der Waals surface area (Å²) in [5.74, 6) is -3.97. The van der Waals surface area contributed by atoms with Crippen molar-refractivity contribution in [3.05, 3.63) is 190 Å². The minimum Gasteiger partial charge on any atom is -0.460 e. The Morgan fingerprint density at radius 2 is 1.00 bits per heavy atom. The Kier molecular flexibility index (Phi) is 21.0. The van der Waals surface area contributed by atoms with Crippen molar-refractivity contribution in [3.8, 4) is 22.3 Å². The summed E-state index contributed by atoms with van der Waals surface area (Å²) in [5.41, 5.74) is 9.47. The largest absolute Gasteiger partial charge is 0.460 e. The Labute approximate surface area is 423 Å². The van der Waals surface area contributed by atoms with Crippen LogP contribution in [0.1, 0.15) is 62.3 Å². The van der Waals surface area contributed by atoms with E-state index in [-0.39, 0.29) is 57.5 Å². The van der Waals surface area contributed by atoms with Crippen molar-refractivity contribution in [1.29, 1.82) is 0 Å². The monoisotopic (exact) mass is 1010 g/mol. The lowest BCUT2D eigenvalue weighted by atomic mass is 9.77. The van der Waals surface area contributed by atoms with Gasteiger partial charge < -0.3 is 30.2 Å². The van der Waals surface area contributed by atoms with Gasteiger partial charge in [-0.25, -0.2) is 13.6 Å². The van der Waals surface area contributed by atoms with Crippen LogP contribution in [-0.4, -0.2) is 59.8 Å². The second-order valence-corrected chi connectivity index (χ2v) is 18.9. The number of hydrogen-bond donors (Lipinski definition) is 3. The van der Waals surface area contributed by atoms with Gasteiger partial charge in [-0.1, -0.05) is 132 Å². The van der Waals surface area contributed by atoms with Gasteiger partial charge in [-0.05, 0) is 122 Å². The molecule has 10 nitrogen and oxygen atoms in total. The standard InChI is InChI=1S/C31H32ClFO6.C26H27ClFNO3/c1-3-38-29(36)28(35)16-23(18-31(2,20-34)30(37)39-19-22-7-5-4-6-8-22)15-21-9-11-24(12-10-21)26-17-25(32)13-14-27(26)33;1-26(17-30,25(31)32-16-19-5-3-2-4-6-19)15-22(29)13-18-7-9-20(10-8-18)23-14-21(27)11-12-24(23)28/h4-14,17,23,34H,3,15-16,18-20H2,1-2H3;2-12,14,22,30H,13,15-17,29H2,1H3/t23-,31-;22-,26+/m01/s1. The first-order chi connectivity index (χ1) is 33.9. The second-order valence-electron chi connectivity index (χ2n) is 18.0. The average Bonchev–Trinajstić information content (AvgIpc) is 3.37. The molecule has 0 aliphatic rings. The molecule has 6 aromatic rings. The minimum atomic E-state index is -1.31. The number of carbonyl (C=O) groups is 4. The van der Waals surface area contributed by atoms with Crippen LogP contribution in [0, 0.1) is 28.4 Å². The number of halogens is 4. The molecule has 14 heteroatoms. The van der Waals surface area contributed by atoms with E-state index in [9.17, 15) is 38.2 Å². The first-order valence-electron chi connectivity index (χ1n) is 23.1. The third-order valence-corrected chi connectivity index (χ3v) is 12.4. The van der Waals surface area contributed by atoms with Gasteiger partial charge in [-0.3, -0.25) is 14.4 Å². The van der Waals surface area contributed by atoms with E-state index >= 15 is 0 Å². The predicted octanol–water partition coefficient (Wildman–Crippen LogP) is 11.1. The van der Waals surface area contributed by atoms with Crippen molar-refractivity contribution in [3.63, 3.8) is 0 Å². The lowest BCUT2D eigenvalue weighted by molar-refractivity contribution is -0.161. The molecular weight excluding hydrogens is 952 g/mol. The number of ketones is 1. The van der Waals surface area contributed by atoms with E-state index < -0.39 is 52.9 Å². The molecule has 0 aliphatic heterocycles. The zero-order valence-corrected chi connectivity index (χ0v) is 41.4. The SMILES string of the molecule is CCOC(=O)C(=O)C[C@H](Cc1ccc(-c2cc(Cl)ccc2F)cc1)C[C@@](C)(CO)C(=O)OCc1ccccc1.C[C@@](CO)(C[C@H](N)Cc1ccc(-c2cc(Cl)ccc2F)cc1)C(=O)OCc1ccccc1. The van der Waals surface area contributed by atoms with Crippen molar-refractivity contribution < 1.29 is 52.4 Å². The maximum Gasteiger partial charge on any atom is 0.374 e. The van der Waals surface area contributed by atoms with Crippen LogP contribution in [0.25, 0.3) is 22.3 Å². The number of aliphatic hydroxyl groups excluding tert-OH is 2. The summed E-state index contributed by atoms with van der Waals surface area (Å²) < 4.78 is 44.2. The number of aliphatic hydroxyl groups is 2. The van der Waals surface area contributed by atoms with Crippen molar-refractivity contribution in [2.24, 2.45) is 22.5 Å². The van der Waals surface area contributed by atoms with E-state index in [1.165, 1.54) is 24.3 Å². The highest BCUT2D eigenvalue weighted by Crippen LogP contribution is 2.34. The Morgan fingerprint density at radius 1 is 0.577 bits per heavy atom. The van der Waals surface area contributed by atoms with Gasteiger partial charge in [0.25, 0.3) is 0 Å². The lowest BCUT2D eigenvalue weighted by Gasteiger charge is -2.29. The Hall–Kier alpha value is -6.28. The van der Waals surface area contributed by atoms with Gasteiger partial charge in [0.15, 0.2) is 0 Å². The summed E-state index contributed by atoms with van der Waals surface area (Å²) in [6, 6.07) is 41.4. The molecule has 0 unspecified atom stereocenters. The highest BCUT2D eigenvalue weighted by atomic mass is 35.5. The average molecular weight is 1010 g/mol. The van der Waals surface area contributed by atoms with E-state index in [1.54, 1.807) is 57.2 Å². The number of hydrogen-bond acceptors (Lipinski definition) is 10. The summed E-state index contributed by atoms with van der Waals surface area (Å²) in [5, 5.41) is 20.9. The summed E-state index contributed by atoms with van der Waals surface area (Å²) in [4.78, 5) is 50.3. The van der Waals surface area contributed by atoms with Crippen LogP contribution in [0.4, 0.5) is 8.78 Å². The number of Topliss-reactive ketones (excluding diaryl/α,β-unsaturated/α-hetero) is 1. The summed E-state index contributed by atoms with van der Waals surface area (Å²) in [7, 11) is 0. The number of ether oxygens (including phenoxy) is 3. The minimum absolute atomic E-state index is 0.0449. The molecule has 4 atom stereocenters. The molecule has 0 aromatic heterocycles. The van der Waals surface area contributed by atoms with E-state index in [1.807, 2.05) is 84.9 Å². The van der Waals surface area contributed by atoms with Gasteiger partial charge in [0.2, 0.25) is 5.78 Å². The van der Waals surface area contributed by atoms with E-state index in [0.29, 0.717) is 45.1 Å². The molecule has 374 valence electrons. The molecule has 0 aliphatic carbocycles. The molecule has 6 aromatic carbocycles. The van der Waals surface area contributed by atoms with E-state index in [2.05, 4.69) is 0 Å². The molecular formula is C57H59Cl2F2NO9. The van der Waals surface area contributed by atoms with Crippen LogP contribution in [0.3, 0.4) is 0 Å². The Morgan fingerprint density at radius 3 is 1.42 bits per heavy atom. The number of esters is 3. The van der Waals surface area contributed by atoms with Crippen LogP contribution in [0.2, 0.25) is 10.0 Å². The normalized spacial score (nSPS) is 13.5. The predicted molar refractivity (Wildman–Crippen MR) is 271 cm³/mol. The van der Waals surface area contributed by atoms with Gasteiger partial charge >= 0.3 is 17.9 Å². The molecule has 0 saturated carbocycles. The number of benzene rings is 6. The van der Waals surface area contributed by atoms with Crippen molar-refractivity contribution in [2.45, 2.75) is 72.1 Å². The molecule has 0 saturated heterocycles. The molecule has 71 heavy (non-hydrogen) atoms. The van der Waals surface area contributed by atoms with Crippen LogP contribution >= 0.6 is 23.2 Å². The van der Waals surface area contributed by atoms with Crippen LogP contribution in [-0.2, 0) is 59.4 Å². The molecule has 0 fully saturated rings. The fourth-order valence-electron chi connectivity index (χ4n) is 8.00. The first kappa shape index (κ1) is 55.6. The third-order valence-electron chi connectivity index (χ3n) is 11.9. The first-order valence-corrected chi connectivity index (χ1v) is 23.9. The molecule has 0 bridgehead atoms. The number of rotatable bonds is 22. The maximum absolute atomic E-state index is 14.3. The summed E-state index contributed by atoms with van der Waals surface area (Å²) >= 11 is 12.0. The molecule has 0 heterocycles. The molecule has 4 N–H and O–H groups in total. The zero-order valence-electron chi connectivity index (χ0n) is 39.9. The van der Waals surface area contributed by atoms with Crippen molar-refractivity contribution in [1.82, 2.24) is 0 Å². The van der Waals surface area contributed by atoms with Crippen LogP contribution in [0.5, 0.6) is 0 Å². The zero-order chi connectivity index (χ0) is 51.6. The quantitative estimate of drug-likeness (QED) is 0.0339. The van der Waals surface area contributed by atoms with Crippen molar-refractivity contribution in [2.75, 3.05) is 19.8 Å². The Bertz CT molecular complexity index is 2690. The van der Waals surface area contributed by atoms with Crippen LogP contribution in [0.15, 0.2) is 146 Å². The smallest absolute Gasteiger partial charge is 0.374 e. The number of nitrogens with two attached hydrogens (primary N) is 1. The summed E-state index contributed by atoms with van der Waals surface area (Å²) in [6.07, 6.45) is 1.00. The summed E-state index contributed by atoms with van der Waals surface area (Å²) in [6.45, 7) is 4.24. The lowest BCUT2D eigenvalue weighted by Crippen LogP contribution is -2.40.